The SMILES string of the molecule is Cc1ccc2nc(C)c(C(=O)NC(C)(C)CO)n2c1. The Morgan fingerprint density at radius 3 is 2.74 bits per heavy atom. The summed E-state index contributed by atoms with van der Waals surface area (Å²) in [5.41, 5.74) is 2.34. The molecule has 2 heterocycles. The maximum Gasteiger partial charge on any atom is 0.270 e. The predicted octanol–water partition coefficient (Wildman–Crippen LogP) is 1.45. The second kappa shape index (κ2) is 4.66. The number of imidazole rings is 1. The summed E-state index contributed by atoms with van der Waals surface area (Å²) in [6, 6.07) is 3.84. The Morgan fingerprint density at radius 1 is 1.42 bits per heavy atom. The smallest absolute Gasteiger partial charge is 0.270 e. The van der Waals surface area contributed by atoms with E-state index in [4.69, 9.17) is 0 Å². The number of aryl methyl sites for hydroxylation is 2. The molecule has 0 atom stereocenters. The fourth-order valence-electron chi connectivity index (χ4n) is 1.95. The van der Waals surface area contributed by atoms with Gasteiger partial charge in [0.1, 0.15) is 11.3 Å². The number of nitrogens with zero attached hydrogens (tertiary/aromatic N) is 2. The van der Waals surface area contributed by atoms with E-state index >= 15 is 0 Å². The monoisotopic (exact) mass is 261 g/mol. The highest BCUT2D eigenvalue weighted by atomic mass is 16.3. The van der Waals surface area contributed by atoms with Crippen LogP contribution in [0.15, 0.2) is 18.3 Å². The third kappa shape index (κ3) is 2.61. The molecule has 0 aliphatic heterocycles. The molecule has 0 aliphatic carbocycles. The summed E-state index contributed by atoms with van der Waals surface area (Å²) in [7, 11) is 0. The number of pyridine rings is 1. The summed E-state index contributed by atoms with van der Waals surface area (Å²) >= 11 is 0. The fraction of sp³-hybridized carbons (Fsp3) is 0.429. The Bertz CT molecular complexity index is 629. The van der Waals surface area contributed by atoms with Gasteiger partial charge in [0.05, 0.1) is 17.8 Å². The largest absolute Gasteiger partial charge is 0.394 e. The van der Waals surface area contributed by atoms with Crippen molar-refractivity contribution >= 4 is 11.6 Å². The first-order chi connectivity index (χ1) is 8.84. The van der Waals surface area contributed by atoms with Crippen LogP contribution in [0.4, 0.5) is 0 Å². The van der Waals surface area contributed by atoms with E-state index in [-0.39, 0.29) is 12.5 Å². The minimum Gasteiger partial charge on any atom is -0.394 e. The number of aliphatic hydroxyl groups is 1. The third-order valence-corrected chi connectivity index (χ3v) is 3.00. The summed E-state index contributed by atoms with van der Waals surface area (Å²) in [6.07, 6.45) is 1.89. The average Bonchev–Trinajstić information content (AvgIpc) is 2.64. The molecule has 0 fully saturated rings. The highest BCUT2D eigenvalue weighted by Gasteiger charge is 2.23. The second-order valence-corrected chi connectivity index (χ2v) is 5.48. The molecule has 0 unspecified atom stereocenters. The third-order valence-electron chi connectivity index (χ3n) is 3.00. The maximum atomic E-state index is 12.3. The van der Waals surface area contributed by atoms with E-state index in [1.165, 1.54) is 0 Å². The zero-order chi connectivity index (χ0) is 14.2. The van der Waals surface area contributed by atoms with E-state index in [2.05, 4.69) is 10.3 Å². The lowest BCUT2D eigenvalue weighted by atomic mass is 10.1. The summed E-state index contributed by atoms with van der Waals surface area (Å²) in [5, 5.41) is 12.0. The number of carbonyl (C=O) groups is 1. The zero-order valence-corrected chi connectivity index (χ0v) is 11.7. The Kier molecular flexibility index (Phi) is 3.32. The van der Waals surface area contributed by atoms with Crippen molar-refractivity contribution in [2.24, 2.45) is 0 Å². The molecule has 2 N–H and O–H groups in total. The van der Waals surface area contributed by atoms with Crippen LogP contribution in [0.3, 0.4) is 0 Å². The lowest BCUT2D eigenvalue weighted by Gasteiger charge is -2.23. The van der Waals surface area contributed by atoms with Crippen LogP contribution >= 0.6 is 0 Å². The number of nitrogens with one attached hydrogen (secondary N) is 1. The van der Waals surface area contributed by atoms with Crippen molar-refractivity contribution < 1.29 is 9.90 Å². The van der Waals surface area contributed by atoms with E-state index in [0.29, 0.717) is 11.4 Å². The van der Waals surface area contributed by atoms with Crippen molar-refractivity contribution in [1.82, 2.24) is 14.7 Å². The van der Waals surface area contributed by atoms with Gasteiger partial charge >= 0.3 is 0 Å². The molecule has 0 radical (unpaired) electrons. The van der Waals surface area contributed by atoms with Gasteiger partial charge in [0.25, 0.3) is 5.91 Å². The molecular weight excluding hydrogens is 242 g/mol. The van der Waals surface area contributed by atoms with Gasteiger partial charge in [-0.05, 0) is 39.3 Å². The molecule has 2 aromatic rings. The average molecular weight is 261 g/mol. The number of rotatable bonds is 3. The molecule has 2 aromatic heterocycles. The van der Waals surface area contributed by atoms with Crippen molar-refractivity contribution in [3.63, 3.8) is 0 Å². The highest BCUT2D eigenvalue weighted by Crippen LogP contribution is 2.14. The molecule has 5 heteroatoms. The van der Waals surface area contributed by atoms with E-state index in [1.54, 1.807) is 18.2 Å². The molecule has 0 spiro atoms. The van der Waals surface area contributed by atoms with Crippen molar-refractivity contribution in [3.05, 3.63) is 35.3 Å². The van der Waals surface area contributed by atoms with Gasteiger partial charge in [-0.15, -0.1) is 0 Å². The molecule has 5 nitrogen and oxygen atoms in total. The van der Waals surface area contributed by atoms with Crippen LogP contribution in [-0.4, -0.2) is 32.5 Å². The van der Waals surface area contributed by atoms with Crippen molar-refractivity contribution in [2.45, 2.75) is 33.2 Å². The first-order valence-electron chi connectivity index (χ1n) is 6.23. The summed E-state index contributed by atoms with van der Waals surface area (Å²) in [5.74, 6) is -0.227. The van der Waals surface area contributed by atoms with Crippen LogP contribution in [0.5, 0.6) is 0 Å². The van der Waals surface area contributed by atoms with Gasteiger partial charge < -0.3 is 10.4 Å². The van der Waals surface area contributed by atoms with Gasteiger partial charge in [-0.25, -0.2) is 4.98 Å². The zero-order valence-electron chi connectivity index (χ0n) is 11.7. The number of carbonyl (C=O) groups excluding carboxylic acids is 1. The van der Waals surface area contributed by atoms with Crippen molar-refractivity contribution in [1.29, 1.82) is 0 Å². The quantitative estimate of drug-likeness (QED) is 0.879. The summed E-state index contributed by atoms with van der Waals surface area (Å²) in [4.78, 5) is 16.7. The number of aliphatic hydroxyl groups excluding tert-OH is 1. The Labute approximate surface area is 112 Å². The van der Waals surface area contributed by atoms with Crippen LogP contribution in [0.25, 0.3) is 5.65 Å². The Balaban J connectivity index is 2.47. The molecule has 19 heavy (non-hydrogen) atoms. The maximum absolute atomic E-state index is 12.3. The number of hydrogen-bond donors (Lipinski definition) is 2. The molecule has 1 amide bonds. The Morgan fingerprint density at radius 2 is 2.11 bits per heavy atom. The van der Waals surface area contributed by atoms with Crippen molar-refractivity contribution in [3.8, 4) is 0 Å². The molecule has 0 bridgehead atoms. The van der Waals surface area contributed by atoms with Gasteiger partial charge in [0.2, 0.25) is 0 Å². The van der Waals surface area contributed by atoms with Crippen LogP contribution in [0.2, 0.25) is 0 Å². The predicted molar refractivity (Wildman–Crippen MR) is 73.3 cm³/mol. The molecule has 0 saturated heterocycles. The fourth-order valence-corrected chi connectivity index (χ4v) is 1.95. The number of amides is 1. The molecule has 0 aromatic carbocycles. The van der Waals surface area contributed by atoms with E-state index in [1.807, 2.05) is 32.2 Å². The number of hydrogen-bond acceptors (Lipinski definition) is 3. The van der Waals surface area contributed by atoms with E-state index in [9.17, 15) is 9.90 Å². The summed E-state index contributed by atoms with van der Waals surface area (Å²) in [6.45, 7) is 7.20. The molecule has 2 rings (SSSR count). The van der Waals surface area contributed by atoms with Gasteiger partial charge in [0, 0.05) is 6.20 Å². The number of fused-ring (bicyclic) bond motifs is 1. The highest BCUT2D eigenvalue weighted by molar-refractivity contribution is 5.95. The van der Waals surface area contributed by atoms with Crippen LogP contribution in [0.1, 0.15) is 35.6 Å². The van der Waals surface area contributed by atoms with Crippen LogP contribution < -0.4 is 5.32 Å². The molecular formula is C14H19N3O2. The first-order valence-corrected chi connectivity index (χ1v) is 6.23. The van der Waals surface area contributed by atoms with Crippen molar-refractivity contribution in [2.75, 3.05) is 6.61 Å². The minimum atomic E-state index is -0.655. The van der Waals surface area contributed by atoms with Crippen LogP contribution in [-0.2, 0) is 0 Å². The first kappa shape index (κ1) is 13.5. The van der Waals surface area contributed by atoms with Gasteiger partial charge in [-0.2, -0.15) is 0 Å². The molecule has 102 valence electrons. The second-order valence-electron chi connectivity index (χ2n) is 5.48. The molecule has 0 saturated carbocycles. The molecule has 0 aliphatic rings. The van der Waals surface area contributed by atoms with E-state index < -0.39 is 5.54 Å². The number of aromatic nitrogens is 2. The lowest BCUT2D eigenvalue weighted by Crippen LogP contribution is -2.46. The lowest BCUT2D eigenvalue weighted by molar-refractivity contribution is 0.0862. The summed E-state index contributed by atoms with van der Waals surface area (Å²) < 4.78 is 1.79. The Hall–Kier alpha value is -1.88. The normalized spacial score (nSPS) is 11.8. The standard InChI is InChI=1S/C14H19N3O2/c1-9-5-6-11-15-10(2)12(17(11)7-9)13(19)16-14(3,4)8-18/h5-7,18H,8H2,1-4H3,(H,16,19). The topological polar surface area (TPSA) is 66.6 Å². The van der Waals surface area contributed by atoms with E-state index in [0.717, 1.165) is 11.2 Å². The van der Waals surface area contributed by atoms with Gasteiger partial charge in [0.15, 0.2) is 0 Å². The minimum absolute atomic E-state index is 0.118. The van der Waals surface area contributed by atoms with Crippen LogP contribution in [0, 0.1) is 13.8 Å². The van der Waals surface area contributed by atoms with Gasteiger partial charge in [-0.1, -0.05) is 6.07 Å². The van der Waals surface area contributed by atoms with Gasteiger partial charge in [-0.3, -0.25) is 9.20 Å².